The molecule has 0 unspecified atom stereocenters. The minimum absolute atomic E-state index is 0. The highest BCUT2D eigenvalue weighted by Gasteiger charge is 2.21. The van der Waals surface area contributed by atoms with Crippen LogP contribution in [-0.4, -0.2) is 35.9 Å². The second-order valence-electron chi connectivity index (χ2n) is 5.53. The van der Waals surface area contributed by atoms with Gasteiger partial charge in [-0.3, -0.25) is 14.9 Å². The first-order valence-corrected chi connectivity index (χ1v) is 7.25. The first kappa shape index (κ1) is 18.4. The van der Waals surface area contributed by atoms with Crippen LogP contribution in [0, 0.1) is 16.0 Å². The zero-order chi connectivity index (χ0) is 15.2. The number of nitro groups is 1. The normalized spacial score (nSPS) is 15.0. The molecule has 0 aliphatic carbocycles. The summed E-state index contributed by atoms with van der Waals surface area (Å²) in [6.45, 7) is 2.21. The lowest BCUT2D eigenvalue weighted by atomic mass is 9.94. The van der Waals surface area contributed by atoms with Gasteiger partial charge in [0.1, 0.15) is 0 Å². The van der Waals surface area contributed by atoms with Crippen LogP contribution in [-0.2, 0) is 11.3 Å². The quantitative estimate of drug-likeness (QED) is 0.665. The van der Waals surface area contributed by atoms with Gasteiger partial charge in [-0.2, -0.15) is 0 Å². The number of rotatable bonds is 5. The summed E-state index contributed by atoms with van der Waals surface area (Å²) in [5.41, 5.74) is 0.641. The van der Waals surface area contributed by atoms with Crippen LogP contribution in [0.25, 0.3) is 0 Å². The highest BCUT2D eigenvalue weighted by atomic mass is 35.5. The topological polar surface area (TPSA) is 75.5 Å². The van der Waals surface area contributed by atoms with E-state index in [4.69, 9.17) is 0 Å². The second kappa shape index (κ2) is 8.70. The number of nitrogens with zero attached hydrogens (tertiary/aromatic N) is 2. The maximum absolute atomic E-state index is 12.2. The van der Waals surface area contributed by atoms with Gasteiger partial charge >= 0.3 is 0 Å². The Morgan fingerprint density at radius 1 is 1.36 bits per heavy atom. The fourth-order valence-corrected chi connectivity index (χ4v) is 2.65. The third kappa shape index (κ3) is 4.96. The summed E-state index contributed by atoms with van der Waals surface area (Å²) in [6, 6.07) is 6.57. The van der Waals surface area contributed by atoms with Crippen LogP contribution < -0.4 is 5.32 Å². The number of hydrogen-bond acceptors (Lipinski definition) is 4. The lowest BCUT2D eigenvalue weighted by Gasteiger charge is -2.25. The van der Waals surface area contributed by atoms with Gasteiger partial charge < -0.3 is 10.2 Å². The van der Waals surface area contributed by atoms with Crippen molar-refractivity contribution in [2.75, 3.05) is 20.1 Å². The maximum Gasteiger partial charge on any atom is 0.274 e. The van der Waals surface area contributed by atoms with E-state index in [0.717, 1.165) is 25.9 Å². The van der Waals surface area contributed by atoms with Crippen LogP contribution in [0.1, 0.15) is 24.8 Å². The number of amides is 1. The van der Waals surface area contributed by atoms with Gasteiger partial charge in [0.25, 0.3) is 5.69 Å². The first-order valence-electron chi connectivity index (χ1n) is 7.25. The lowest BCUT2D eigenvalue weighted by Crippen LogP contribution is -2.33. The molecular weight excluding hydrogens is 306 g/mol. The Labute approximate surface area is 136 Å². The van der Waals surface area contributed by atoms with E-state index in [0.29, 0.717) is 17.9 Å². The number of para-hydroxylation sites is 1. The summed E-state index contributed by atoms with van der Waals surface area (Å²) in [5.74, 6) is 0.479. The average molecular weight is 328 g/mol. The van der Waals surface area contributed by atoms with E-state index in [-0.39, 0.29) is 30.5 Å². The van der Waals surface area contributed by atoms with Crippen molar-refractivity contribution in [3.63, 3.8) is 0 Å². The Morgan fingerprint density at radius 2 is 2.00 bits per heavy atom. The summed E-state index contributed by atoms with van der Waals surface area (Å²) in [6.07, 6.45) is 2.56. The van der Waals surface area contributed by atoms with Gasteiger partial charge in [0.2, 0.25) is 5.91 Å². The predicted molar refractivity (Wildman–Crippen MR) is 87.0 cm³/mol. The van der Waals surface area contributed by atoms with Gasteiger partial charge in [-0.05, 0) is 31.8 Å². The van der Waals surface area contributed by atoms with E-state index in [1.165, 1.54) is 6.07 Å². The number of nitro benzene ring substituents is 1. The van der Waals surface area contributed by atoms with Gasteiger partial charge in [-0.1, -0.05) is 18.2 Å². The highest BCUT2D eigenvalue weighted by molar-refractivity contribution is 5.85. The molecule has 1 heterocycles. The highest BCUT2D eigenvalue weighted by Crippen LogP contribution is 2.21. The number of halogens is 1. The van der Waals surface area contributed by atoms with E-state index in [2.05, 4.69) is 5.32 Å². The van der Waals surface area contributed by atoms with E-state index in [9.17, 15) is 14.9 Å². The monoisotopic (exact) mass is 327 g/mol. The molecule has 0 bridgehead atoms. The Bertz CT molecular complexity index is 519. The molecule has 22 heavy (non-hydrogen) atoms. The van der Waals surface area contributed by atoms with Gasteiger partial charge in [-0.25, -0.2) is 0 Å². The van der Waals surface area contributed by atoms with Gasteiger partial charge in [-0.15, -0.1) is 12.4 Å². The molecule has 1 aromatic carbocycles. The van der Waals surface area contributed by atoms with Crippen molar-refractivity contribution < 1.29 is 9.72 Å². The van der Waals surface area contributed by atoms with Crippen molar-refractivity contribution in [1.29, 1.82) is 0 Å². The Morgan fingerprint density at radius 3 is 2.64 bits per heavy atom. The largest absolute Gasteiger partial charge is 0.341 e. The SMILES string of the molecule is CN(Cc1ccccc1[N+](=O)[O-])C(=O)CC1CCNCC1.Cl. The Hall–Kier alpha value is -1.66. The number of piperidine rings is 1. The molecule has 1 aliphatic heterocycles. The zero-order valence-electron chi connectivity index (χ0n) is 12.7. The predicted octanol–water partition coefficient (Wildman–Crippen LogP) is 2.36. The molecule has 1 aromatic rings. The van der Waals surface area contributed by atoms with Crippen LogP contribution in [0.15, 0.2) is 24.3 Å². The molecule has 1 fully saturated rings. The molecule has 0 atom stereocenters. The molecule has 0 aromatic heterocycles. The molecule has 6 nitrogen and oxygen atoms in total. The standard InChI is InChI=1S/C15H21N3O3.ClH/c1-17(15(19)10-12-6-8-16-9-7-12)11-13-4-2-3-5-14(13)18(20)21;/h2-5,12,16H,6-11H2,1H3;1H. The minimum Gasteiger partial charge on any atom is -0.341 e. The number of carbonyl (C=O) groups excluding carboxylic acids is 1. The third-order valence-corrected chi connectivity index (χ3v) is 3.94. The van der Waals surface area contributed by atoms with Crippen LogP contribution >= 0.6 is 12.4 Å². The van der Waals surface area contributed by atoms with Crippen LogP contribution in [0.4, 0.5) is 5.69 Å². The lowest BCUT2D eigenvalue weighted by molar-refractivity contribution is -0.385. The van der Waals surface area contributed by atoms with Gasteiger partial charge in [0.15, 0.2) is 0 Å². The molecule has 7 heteroatoms. The number of benzene rings is 1. The number of carbonyl (C=O) groups is 1. The summed E-state index contributed by atoms with van der Waals surface area (Å²) >= 11 is 0. The molecule has 1 aliphatic rings. The fraction of sp³-hybridized carbons (Fsp3) is 0.533. The summed E-state index contributed by atoms with van der Waals surface area (Å²) in [4.78, 5) is 24.4. The molecule has 1 N–H and O–H groups in total. The number of hydrogen-bond donors (Lipinski definition) is 1. The molecule has 1 amide bonds. The van der Waals surface area contributed by atoms with E-state index in [1.54, 1.807) is 30.1 Å². The van der Waals surface area contributed by atoms with Gasteiger partial charge in [0, 0.05) is 25.1 Å². The fourth-order valence-electron chi connectivity index (χ4n) is 2.65. The average Bonchev–Trinajstić information content (AvgIpc) is 2.48. The van der Waals surface area contributed by atoms with Crippen molar-refractivity contribution in [1.82, 2.24) is 10.2 Å². The van der Waals surface area contributed by atoms with Gasteiger partial charge in [0.05, 0.1) is 11.5 Å². The second-order valence-corrected chi connectivity index (χ2v) is 5.53. The van der Waals surface area contributed by atoms with E-state index in [1.807, 2.05) is 0 Å². The van der Waals surface area contributed by atoms with Crippen molar-refractivity contribution in [2.45, 2.75) is 25.8 Å². The minimum atomic E-state index is -0.402. The van der Waals surface area contributed by atoms with Crippen molar-refractivity contribution in [3.8, 4) is 0 Å². The summed E-state index contributed by atoms with van der Waals surface area (Å²) < 4.78 is 0. The molecule has 0 spiro atoms. The van der Waals surface area contributed by atoms with Crippen LogP contribution in [0.3, 0.4) is 0 Å². The van der Waals surface area contributed by atoms with E-state index < -0.39 is 4.92 Å². The maximum atomic E-state index is 12.2. The zero-order valence-corrected chi connectivity index (χ0v) is 13.5. The van der Waals surface area contributed by atoms with Crippen molar-refractivity contribution in [3.05, 3.63) is 39.9 Å². The summed E-state index contributed by atoms with van der Waals surface area (Å²) in [5, 5.41) is 14.3. The summed E-state index contributed by atoms with van der Waals surface area (Å²) in [7, 11) is 1.71. The number of nitrogens with one attached hydrogen (secondary N) is 1. The Balaban J connectivity index is 0.00000242. The molecule has 1 saturated heterocycles. The van der Waals surface area contributed by atoms with E-state index >= 15 is 0 Å². The Kier molecular flexibility index (Phi) is 7.27. The third-order valence-electron chi connectivity index (χ3n) is 3.94. The molecule has 0 saturated carbocycles. The van der Waals surface area contributed by atoms with Crippen molar-refractivity contribution in [2.24, 2.45) is 5.92 Å². The molecule has 2 rings (SSSR count). The molecule has 122 valence electrons. The first-order chi connectivity index (χ1) is 10.1. The molecule has 0 radical (unpaired) electrons. The molecular formula is C15H22ClN3O3. The van der Waals surface area contributed by atoms with Crippen LogP contribution in [0.2, 0.25) is 0 Å². The van der Waals surface area contributed by atoms with Crippen molar-refractivity contribution >= 4 is 24.0 Å². The van der Waals surface area contributed by atoms with Crippen LogP contribution in [0.5, 0.6) is 0 Å². The smallest absolute Gasteiger partial charge is 0.274 e.